The van der Waals surface area contributed by atoms with E-state index < -0.39 is 5.66 Å². The number of hydrogen-bond acceptors (Lipinski definition) is 4. The normalized spacial score (nSPS) is 23.1. The average Bonchev–Trinajstić information content (AvgIpc) is 3.16. The molecule has 1 saturated carbocycles. The van der Waals surface area contributed by atoms with Crippen LogP contribution in [-0.2, 0) is 11.2 Å². The van der Waals surface area contributed by atoms with Crippen LogP contribution in [0.25, 0.3) is 0 Å². The highest BCUT2D eigenvalue weighted by atomic mass is 19.1. The van der Waals surface area contributed by atoms with Crippen molar-refractivity contribution in [3.05, 3.63) is 71.0 Å². The summed E-state index contributed by atoms with van der Waals surface area (Å²) < 4.78 is 13.7. The van der Waals surface area contributed by atoms with Crippen molar-refractivity contribution in [1.29, 1.82) is 0 Å². The van der Waals surface area contributed by atoms with Gasteiger partial charge in [-0.2, -0.15) is 5.10 Å². The Morgan fingerprint density at radius 2 is 1.76 bits per heavy atom. The van der Waals surface area contributed by atoms with E-state index in [2.05, 4.69) is 49.8 Å². The lowest BCUT2D eigenvalue weighted by molar-refractivity contribution is -0.133. The predicted octanol–water partition coefficient (Wildman–Crippen LogP) is 6.09. The summed E-state index contributed by atoms with van der Waals surface area (Å²) in [5.74, 6) is 5.90. The van der Waals surface area contributed by atoms with Gasteiger partial charge in [-0.15, -0.1) is 0 Å². The van der Waals surface area contributed by atoms with Crippen molar-refractivity contribution in [3.63, 3.8) is 0 Å². The molecular weight excluding hydrogens is 477 g/mol. The summed E-state index contributed by atoms with van der Waals surface area (Å²) in [6, 6.07) is 14.3. The molecule has 1 atom stereocenters. The molecule has 4 N–H and O–H groups in total. The molecule has 1 fully saturated rings. The van der Waals surface area contributed by atoms with E-state index in [9.17, 15) is 9.18 Å². The number of aliphatic imine (C=N–C) groups is 1. The second-order valence-corrected chi connectivity index (χ2v) is 12.0. The largest absolute Gasteiger partial charge is 0.385 e. The van der Waals surface area contributed by atoms with Crippen LogP contribution >= 0.6 is 0 Å². The second-order valence-electron chi connectivity index (χ2n) is 12.0. The average molecular weight is 520 g/mol. The van der Waals surface area contributed by atoms with Crippen LogP contribution in [0.4, 0.5) is 4.39 Å². The predicted molar refractivity (Wildman–Crippen MR) is 152 cm³/mol. The molecule has 7 heteroatoms. The summed E-state index contributed by atoms with van der Waals surface area (Å²) >= 11 is 0. The van der Waals surface area contributed by atoms with E-state index in [-0.39, 0.29) is 23.2 Å². The number of benzene rings is 2. The van der Waals surface area contributed by atoms with Gasteiger partial charge in [-0.25, -0.2) is 4.39 Å². The van der Waals surface area contributed by atoms with Gasteiger partial charge in [-0.05, 0) is 78.8 Å². The van der Waals surface area contributed by atoms with Gasteiger partial charge in [0.25, 0.3) is 5.91 Å². The maximum Gasteiger partial charge on any atom is 0.275 e. The molecule has 0 radical (unpaired) electrons. The highest BCUT2D eigenvalue weighted by Gasteiger charge is 2.52. The van der Waals surface area contributed by atoms with Gasteiger partial charge in [0.05, 0.1) is 6.04 Å². The quantitative estimate of drug-likeness (QED) is 0.191. The number of nitrogens with zero attached hydrogens (tertiary/aromatic N) is 3. The molecule has 1 heterocycles. The Morgan fingerprint density at radius 3 is 2.32 bits per heavy atom. The summed E-state index contributed by atoms with van der Waals surface area (Å²) in [4.78, 5) is 21.5. The Hall–Kier alpha value is -3.22. The van der Waals surface area contributed by atoms with E-state index in [1.807, 2.05) is 12.1 Å². The van der Waals surface area contributed by atoms with Crippen molar-refractivity contribution in [2.45, 2.75) is 90.8 Å². The van der Waals surface area contributed by atoms with E-state index in [4.69, 9.17) is 16.6 Å². The van der Waals surface area contributed by atoms with E-state index in [1.54, 1.807) is 12.1 Å². The van der Waals surface area contributed by atoms with Gasteiger partial charge in [-0.3, -0.25) is 9.79 Å². The fraction of sp³-hybridized carbons (Fsp3) is 0.516. The summed E-state index contributed by atoms with van der Waals surface area (Å²) in [5, 5.41) is 3.58. The molecule has 2 aliphatic rings. The van der Waals surface area contributed by atoms with Gasteiger partial charge < -0.3 is 16.5 Å². The first-order valence-electron chi connectivity index (χ1n) is 13.9. The number of rotatable bonds is 8. The third-order valence-corrected chi connectivity index (χ3v) is 8.38. The van der Waals surface area contributed by atoms with Gasteiger partial charge in [0.15, 0.2) is 0 Å². The van der Waals surface area contributed by atoms with Crippen LogP contribution in [0, 0.1) is 17.2 Å². The number of amidine groups is 1. The zero-order chi connectivity index (χ0) is 27.5. The first-order chi connectivity index (χ1) is 18.1. The molecule has 0 bridgehead atoms. The summed E-state index contributed by atoms with van der Waals surface area (Å²) in [6.45, 7) is 9.07. The number of amides is 1. The van der Waals surface area contributed by atoms with E-state index in [0.717, 1.165) is 56.1 Å². The Morgan fingerprint density at radius 1 is 1.13 bits per heavy atom. The van der Waals surface area contributed by atoms with Crippen LogP contribution < -0.4 is 11.6 Å². The number of carbonyl (C=O) groups is 1. The molecule has 4 rings (SSSR count). The van der Waals surface area contributed by atoms with Gasteiger partial charge in [-0.1, -0.05) is 64.8 Å². The minimum atomic E-state index is -0.587. The van der Waals surface area contributed by atoms with Crippen molar-refractivity contribution < 1.29 is 9.18 Å². The van der Waals surface area contributed by atoms with Crippen LogP contribution in [0.2, 0.25) is 0 Å². The van der Waals surface area contributed by atoms with Gasteiger partial charge in [0, 0.05) is 12.0 Å². The monoisotopic (exact) mass is 519 g/mol. The van der Waals surface area contributed by atoms with Crippen LogP contribution in [0.5, 0.6) is 0 Å². The number of carbonyl (C=O) groups excluding carboxylic acids is 1. The number of unbranched alkanes of at least 4 members (excludes halogenated alkanes) is 1. The number of hydrazone groups is 1. The first kappa shape index (κ1) is 27.8. The van der Waals surface area contributed by atoms with E-state index in [1.165, 1.54) is 12.1 Å². The molecule has 1 aliphatic heterocycles. The zero-order valence-corrected chi connectivity index (χ0v) is 23.2. The highest BCUT2D eigenvalue weighted by Crippen LogP contribution is 2.49. The highest BCUT2D eigenvalue weighted by molar-refractivity contribution is 6.46. The summed E-state index contributed by atoms with van der Waals surface area (Å²) in [6.07, 6.45) is 7.06. The standard InChI is InChI=1S/C31H42FN5O/c1-5-6-7-26(22-10-8-21(9-11-22)20-27(33)36-34)37-29(38)28(23-12-14-25(32)15-13-23)35-31(37)18-16-24(17-19-31)30(2,3)4/h8-15,24,26H,5-7,16-20,34H2,1-4H3,(H2,33,36). The number of hydrogen-bond donors (Lipinski definition) is 2. The molecule has 2 aromatic carbocycles. The van der Waals surface area contributed by atoms with Gasteiger partial charge in [0.2, 0.25) is 0 Å². The molecule has 1 amide bonds. The molecule has 0 aromatic heterocycles. The molecule has 6 nitrogen and oxygen atoms in total. The van der Waals surface area contributed by atoms with Gasteiger partial charge in [0.1, 0.15) is 23.0 Å². The minimum absolute atomic E-state index is 0.0597. The fourth-order valence-corrected chi connectivity index (χ4v) is 6.09. The van der Waals surface area contributed by atoms with E-state index >= 15 is 0 Å². The zero-order valence-electron chi connectivity index (χ0n) is 23.2. The number of nitrogens with two attached hydrogens (primary N) is 2. The van der Waals surface area contributed by atoms with E-state index in [0.29, 0.717) is 29.4 Å². The first-order valence-corrected chi connectivity index (χ1v) is 13.9. The Labute approximate surface area is 226 Å². The van der Waals surface area contributed by atoms with Crippen molar-refractivity contribution >= 4 is 17.5 Å². The van der Waals surface area contributed by atoms with Crippen molar-refractivity contribution in [2.75, 3.05) is 0 Å². The van der Waals surface area contributed by atoms with Crippen LogP contribution in [0.15, 0.2) is 58.6 Å². The Bertz CT molecular complexity index is 1170. The second kappa shape index (κ2) is 11.3. The lowest BCUT2D eigenvalue weighted by atomic mass is 9.69. The maximum absolute atomic E-state index is 14.2. The lowest BCUT2D eigenvalue weighted by Gasteiger charge is -2.47. The molecule has 0 saturated heterocycles. The van der Waals surface area contributed by atoms with Gasteiger partial charge >= 0.3 is 0 Å². The molecule has 1 spiro atoms. The van der Waals surface area contributed by atoms with Crippen molar-refractivity contribution in [1.82, 2.24) is 4.90 Å². The molecule has 1 aliphatic carbocycles. The molecule has 1 unspecified atom stereocenters. The minimum Gasteiger partial charge on any atom is -0.385 e. The Balaban J connectivity index is 1.74. The third-order valence-electron chi connectivity index (χ3n) is 8.38. The summed E-state index contributed by atoms with van der Waals surface area (Å²) in [5.41, 5.74) is 8.70. The van der Waals surface area contributed by atoms with Crippen LogP contribution in [-0.4, -0.2) is 28.0 Å². The fourth-order valence-electron chi connectivity index (χ4n) is 6.09. The Kier molecular flexibility index (Phi) is 8.24. The smallest absolute Gasteiger partial charge is 0.275 e. The third kappa shape index (κ3) is 5.77. The SMILES string of the molecule is CCCCC(c1ccc(C/C(N)=N/N)cc1)N1C(=O)C(c2ccc(F)cc2)=NC12CCC(C(C)(C)C)CC2. The summed E-state index contributed by atoms with van der Waals surface area (Å²) in [7, 11) is 0. The lowest BCUT2D eigenvalue weighted by Crippen LogP contribution is -2.51. The topological polar surface area (TPSA) is 97.1 Å². The van der Waals surface area contributed by atoms with Crippen LogP contribution in [0.3, 0.4) is 0 Å². The van der Waals surface area contributed by atoms with Crippen molar-refractivity contribution in [3.8, 4) is 0 Å². The maximum atomic E-state index is 14.2. The van der Waals surface area contributed by atoms with Crippen LogP contribution in [0.1, 0.15) is 95.4 Å². The molecule has 204 valence electrons. The number of halogens is 1. The molecule has 38 heavy (non-hydrogen) atoms. The molecule has 2 aromatic rings. The molecular formula is C31H42FN5O. The van der Waals surface area contributed by atoms with Crippen molar-refractivity contribution in [2.24, 2.45) is 33.0 Å².